The number of nitrogen functional groups attached to an aromatic ring is 2. The van der Waals surface area contributed by atoms with E-state index >= 15 is 0 Å². The van der Waals surface area contributed by atoms with Gasteiger partial charge in [-0.1, -0.05) is 22.7 Å². The summed E-state index contributed by atoms with van der Waals surface area (Å²) in [5.41, 5.74) is 13.9. The monoisotopic (exact) mass is 539 g/mol. The number of aryl methyl sites for hydroxylation is 4. The van der Waals surface area contributed by atoms with Crippen LogP contribution in [0.5, 0.6) is 6.01 Å². The number of nitrogens with two attached hydrogens (primary N) is 2. The highest BCUT2D eigenvalue weighted by Gasteiger charge is 2.21. The van der Waals surface area contributed by atoms with E-state index in [1.807, 2.05) is 0 Å². The van der Waals surface area contributed by atoms with Crippen LogP contribution in [0.15, 0.2) is 20.5 Å². The molecule has 18 nitrogen and oxygen atoms in total. The number of anilines is 2. The molecule has 0 unspecified atom stereocenters. The van der Waals surface area contributed by atoms with Gasteiger partial charge in [0.2, 0.25) is 0 Å². The minimum Gasteiger partial charge on any atom is -0.479 e. The minimum absolute atomic E-state index is 0.0745. The fourth-order valence-corrected chi connectivity index (χ4v) is 4.02. The summed E-state index contributed by atoms with van der Waals surface area (Å²) in [6.45, 7) is 6.97. The molecule has 188 valence electrons. The van der Waals surface area contributed by atoms with Gasteiger partial charge in [-0.25, -0.2) is 0 Å². The number of aromatic hydroxyl groups is 1. The molecule has 0 fully saturated rings. The first-order valence-electron chi connectivity index (χ1n) is 10.3. The average Bonchev–Trinajstić information content (AvgIpc) is 3.59. The van der Waals surface area contributed by atoms with E-state index in [0.717, 1.165) is 10.0 Å². The molecule has 5 N–H and O–H groups in total. The maximum Gasteiger partial charge on any atom is 0.320 e. The lowest BCUT2D eigenvalue weighted by atomic mass is 10.4. The maximum absolute atomic E-state index is 10.2. The first-order valence-corrected chi connectivity index (χ1v) is 11.9. The lowest BCUT2D eigenvalue weighted by Crippen LogP contribution is -2.13. The molecular formula is C17H17N17OS2. The lowest BCUT2D eigenvalue weighted by Gasteiger charge is -2.06. The highest BCUT2D eigenvalue weighted by molar-refractivity contribution is 7.15. The number of nitrogens with zero attached hydrogens (tertiary/aromatic N) is 15. The molecule has 0 saturated heterocycles. The van der Waals surface area contributed by atoms with Crippen molar-refractivity contribution < 1.29 is 5.11 Å². The summed E-state index contributed by atoms with van der Waals surface area (Å²) >= 11 is 2.54. The summed E-state index contributed by atoms with van der Waals surface area (Å²) in [4.78, 5) is 12.2. The number of hydrogen-bond donors (Lipinski definition) is 3. The third-order valence-corrected chi connectivity index (χ3v) is 6.05. The van der Waals surface area contributed by atoms with Gasteiger partial charge >= 0.3 is 6.01 Å². The van der Waals surface area contributed by atoms with Gasteiger partial charge in [0, 0.05) is 0 Å². The Labute approximate surface area is 214 Å². The Bertz CT molecular complexity index is 1560. The Hall–Kier alpha value is -4.85. The Morgan fingerprint density at radius 2 is 1.08 bits per heavy atom. The molecule has 0 aliphatic heterocycles. The molecule has 0 amide bonds. The maximum atomic E-state index is 10.2. The van der Waals surface area contributed by atoms with Crippen LogP contribution in [-0.2, 0) is 0 Å². The van der Waals surface area contributed by atoms with Crippen molar-refractivity contribution in [2.75, 3.05) is 11.5 Å². The van der Waals surface area contributed by atoms with Gasteiger partial charge in [0.25, 0.3) is 22.2 Å². The molecule has 0 bridgehead atoms. The first-order chi connectivity index (χ1) is 17.7. The molecule has 0 radical (unpaired) electrons. The standard InChI is InChI=1S/C17H17N17OS2/c1-5-9(25-29-16-27-23-7(3)36-16)11(18)33(31-5)13-20-14(22-15(35)21-13)34-12(19)10(6(2)32-34)26-30-17-28-24-8(4)37-17/h18-19H2,1-4H3,(H,20,21,22,35). The highest BCUT2D eigenvalue weighted by Crippen LogP contribution is 2.32. The molecule has 0 aliphatic rings. The van der Waals surface area contributed by atoms with Crippen molar-refractivity contribution in [1.29, 1.82) is 0 Å². The molecule has 0 aromatic carbocycles. The summed E-state index contributed by atoms with van der Waals surface area (Å²) in [6.07, 6.45) is 0. The number of hydrogen-bond acceptors (Lipinski definition) is 18. The first kappa shape index (κ1) is 23.9. The molecular weight excluding hydrogens is 522 g/mol. The van der Waals surface area contributed by atoms with Crippen LogP contribution in [0, 0.1) is 27.7 Å². The molecule has 0 atom stereocenters. The smallest absolute Gasteiger partial charge is 0.320 e. The number of aromatic nitrogens is 11. The van der Waals surface area contributed by atoms with Crippen molar-refractivity contribution in [2.24, 2.45) is 20.5 Å². The topological polar surface area (TPSA) is 248 Å². The van der Waals surface area contributed by atoms with E-state index in [1.165, 1.54) is 32.0 Å². The van der Waals surface area contributed by atoms with E-state index in [1.54, 1.807) is 27.7 Å². The predicted molar refractivity (Wildman–Crippen MR) is 132 cm³/mol. The van der Waals surface area contributed by atoms with Crippen molar-refractivity contribution in [3.63, 3.8) is 0 Å². The van der Waals surface area contributed by atoms with E-state index in [4.69, 9.17) is 11.5 Å². The summed E-state index contributed by atoms with van der Waals surface area (Å²) in [5.74, 6) is -0.0521. The van der Waals surface area contributed by atoms with E-state index in [9.17, 15) is 5.11 Å². The summed E-state index contributed by atoms with van der Waals surface area (Å²) in [6, 6.07) is -0.611. The van der Waals surface area contributed by atoms with Crippen LogP contribution in [0.3, 0.4) is 0 Å². The third-order valence-electron chi connectivity index (χ3n) is 4.61. The minimum atomic E-state index is -0.611. The van der Waals surface area contributed by atoms with Crippen molar-refractivity contribution in [2.45, 2.75) is 27.7 Å². The van der Waals surface area contributed by atoms with Crippen molar-refractivity contribution >= 4 is 55.9 Å². The third kappa shape index (κ3) is 4.69. The van der Waals surface area contributed by atoms with E-state index in [2.05, 4.69) is 66.0 Å². The molecule has 5 aromatic heterocycles. The van der Waals surface area contributed by atoms with Gasteiger partial charge in [-0.2, -0.15) is 34.5 Å². The fraction of sp³-hybridized carbons (Fsp3) is 0.235. The van der Waals surface area contributed by atoms with Gasteiger partial charge in [-0.3, -0.25) is 0 Å². The van der Waals surface area contributed by atoms with Crippen molar-refractivity contribution in [1.82, 2.24) is 54.9 Å². The molecule has 0 saturated carbocycles. The summed E-state index contributed by atoms with van der Waals surface area (Å²) < 4.78 is 2.37. The van der Waals surface area contributed by atoms with Gasteiger partial charge < -0.3 is 16.6 Å². The molecule has 5 aromatic rings. The van der Waals surface area contributed by atoms with E-state index < -0.39 is 6.01 Å². The fourth-order valence-electron chi connectivity index (χ4n) is 3.00. The molecule has 5 heterocycles. The van der Waals surface area contributed by atoms with Crippen LogP contribution in [0.1, 0.15) is 21.4 Å². The Balaban J connectivity index is 1.50. The zero-order chi connectivity index (χ0) is 26.3. The van der Waals surface area contributed by atoms with Crippen LogP contribution < -0.4 is 11.5 Å². The second kappa shape index (κ2) is 9.31. The second-order valence-corrected chi connectivity index (χ2v) is 9.63. The zero-order valence-electron chi connectivity index (χ0n) is 19.6. The Kier molecular flexibility index (Phi) is 6.01. The van der Waals surface area contributed by atoms with Crippen molar-refractivity contribution in [3.05, 3.63) is 21.4 Å². The lowest BCUT2D eigenvalue weighted by molar-refractivity contribution is 0.423. The van der Waals surface area contributed by atoms with Crippen LogP contribution in [0.2, 0.25) is 0 Å². The van der Waals surface area contributed by atoms with Gasteiger partial charge in [-0.15, -0.1) is 40.9 Å². The Morgan fingerprint density at radius 3 is 1.46 bits per heavy atom. The molecule has 20 heteroatoms. The molecule has 37 heavy (non-hydrogen) atoms. The SMILES string of the molecule is Cc1nnc(N=Nc2c(C)nn(-c3nc(O)nc(-n4nc(C)c(N=Nc5nnc(C)s5)c4N)n3)c2N)s1. The van der Waals surface area contributed by atoms with Crippen LogP contribution >= 0.6 is 22.7 Å². The van der Waals surface area contributed by atoms with E-state index in [0.29, 0.717) is 21.7 Å². The van der Waals surface area contributed by atoms with E-state index in [-0.39, 0.29) is 34.9 Å². The van der Waals surface area contributed by atoms with Crippen molar-refractivity contribution in [3.8, 4) is 17.9 Å². The van der Waals surface area contributed by atoms with Crippen LogP contribution in [0.4, 0.5) is 33.3 Å². The molecule has 0 aliphatic carbocycles. The highest BCUT2D eigenvalue weighted by atomic mass is 32.1. The van der Waals surface area contributed by atoms with Gasteiger partial charge in [0.05, 0.1) is 11.4 Å². The second-order valence-electron chi connectivity index (χ2n) is 7.30. The van der Waals surface area contributed by atoms with Gasteiger partial charge in [0.15, 0.2) is 23.0 Å². The summed E-state index contributed by atoms with van der Waals surface area (Å²) in [7, 11) is 0. The Morgan fingerprint density at radius 1 is 0.649 bits per heavy atom. The quantitative estimate of drug-likeness (QED) is 0.263. The van der Waals surface area contributed by atoms with Crippen LogP contribution in [-0.4, -0.2) is 60.0 Å². The average molecular weight is 540 g/mol. The molecule has 0 spiro atoms. The summed E-state index contributed by atoms with van der Waals surface area (Å²) in [5, 5.41) is 53.0. The van der Waals surface area contributed by atoms with Gasteiger partial charge in [-0.05, 0) is 27.7 Å². The normalized spacial score (nSPS) is 11.9. The largest absolute Gasteiger partial charge is 0.479 e. The molecule has 5 rings (SSSR count). The van der Waals surface area contributed by atoms with Crippen LogP contribution in [0.25, 0.3) is 11.9 Å². The zero-order valence-corrected chi connectivity index (χ0v) is 21.3. The number of rotatable bonds is 6. The predicted octanol–water partition coefficient (Wildman–Crippen LogP) is 2.88. The number of azo groups is 2. The van der Waals surface area contributed by atoms with Gasteiger partial charge in [0.1, 0.15) is 10.0 Å².